The SMILES string of the molecule is CC(=O)OCC1=C(C(=O)OCc2ccc([N+](=O)[O-])cc2)N2C(=O)C(NC(=O)COc3ccccc3)C2S/C1=C\OC=O. The molecule has 15 heteroatoms. The molecule has 2 aromatic carbocycles. The molecule has 0 bridgehead atoms. The fraction of sp³-hybridized carbons (Fsp3) is 0.222. The molecular weight excluding hydrogens is 574 g/mol. The number of nitro groups is 1. The van der Waals surface area contributed by atoms with Crippen LogP contribution in [0.1, 0.15) is 12.5 Å². The lowest BCUT2D eigenvalue weighted by molar-refractivity contribution is -0.384. The molecule has 0 radical (unpaired) electrons. The van der Waals surface area contributed by atoms with Crippen LogP contribution in [0.4, 0.5) is 5.69 Å². The van der Waals surface area contributed by atoms with Crippen molar-refractivity contribution in [1.29, 1.82) is 0 Å². The summed E-state index contributed by atoms with van der Waals surface area (Å²) >= 11 is 0.995. The molecule has 2 aromatic rings. The van der Waals surface area contributed by atoms with Crippen LogP contribution in [0.5, 0.6) is 5.75 Å². The second-order valence-electron chi connectivity index (χ2n) is 8.69. The first-order valence-corrected chi connectivity index (χ1v) is 13.1. The van der Waals surface area contributed by atoms with Crippen molar-refractivity contribution in [3.63, 3.8) is 0 Å². The number of ether oxygens (including phenoxy) is 4. The van der Waals surface area contributed by atoms with Gasteiger partial charge >= 0.3 is 11.9 Å². The highest BCUT2D eigenvalue weighted by Crippen LogP contribution is 2.47. The van der Waals surface area contributed by atoms with E-state index in [9.17, 15) is 34.1 Å². The zero-order valence-corrected chi connectivity index (χ0v) is 22.7. The number of rotatable bonds is 12. The van der Waals surface area contributed by atoms with E-state index >= 15 is 0 Å². The Morgan fingerprint density at radius 2 is 1.79 bits per heavy atom. The highest BCUT2D eigenvalue weighted by atomic mass is 32.2. The van der Waals surface area contributed by atoms with E-state index in [0.717, 1.165) is 29.8 Å². The Kier molecular flexibility index (Phi) is 9.54. The van der Waals surface area contributed by atoms with Crippen LogP contribution in [0.25, 0.3) is 0 Å². The Morgan fingerprint density at radius 3 is 2.43 bits per heavy atom. The van der Waals surface area contributed by atoms with Gasteiger partial charge in [0.2, 0.25) is 0 Å². The molecule has 2 atom stereocenters. The molecular formula is C27H23N3O11S. The number of hydrogen-bond donors (Lipinski definition) is 1. The molecule has 0 saturated carbocycles. The molecule has 2 unspecified atom stereocenters. The summed E-state index contributed by atoms with van der Waals surface area (Å²) in [5.41, 5.74) is 0.0320. The first-order valence-electron chi connectivity index (χ1n) is 12.2. The second kappa shape index (κ2) is 13.5. The van der Waals surface area contributed by atoms with E-state index in [4.69, 9.17) is 18.9 Å². The van der Waals surface area contributed by atoms with Crippen molar-refractivity contribution in [2.75, 3.05) is 13.2 Å². The number of nitrogens with zero attached hydrogens (tertiary/aromatic N) is 2. The summed E-state index contributed by atoms with van der Waals surface area (Å²) in [4.78, 5) is 73.3. The normalized spacial score (nSPS) is 18.4. The number of non-ortho nitro benzene ring substituents is 1. The van der Waals surface area contributed by atoms with Gasteiger partial charge in [0.05, 0.1) is 9.83 Å². The van der Waals surface area contributed by atoms with Crippen LogP contribution in [0, 0.1) is 10.1 Å². The van der Waals surface area contributed by atoms with E-state index in [0.29, 0.717) is 11.3 Å². The molecule has 218 valence electrons. The third-order valence-corrected chi connectivity index (χ3v) is 7.23. The predicted octanol–water partition coefficient (Wildman–Crippen LogP) is 1.95. The number of nitro benzene ring substituents is 1. The van der Waals surface area contributed by atoms with Crippen LogP contribution in [-0.2, 0) is 44.8 Å². The van der Waals surface area contributed by atoms with Gasteiger partial charge in [-0.1, -0.05) is 30.0 Å². The van der Waals surface area contributed by atoms with E-state index in [2.05, 4.69) is 5.32 Å². The summed E-state index contributed by atoms with van der Waals surface area (Å²) in [6.07, 6.45) is 1.03. The Morgan fingerprint density at radius 1 is 1.07 bits per heavy atom. The van der Waals surface area contributed by atoms with Crippen molar-refractivity contribution < 1.29 is 47.8 Å². The maximum Gasteiger partial charge on any atom is 0.355 e. The number of para-hydroxylation sites is 1. The number of esters is 2. The van der Waals surface area contributed by atoms with Crippen LogP contribution >= 0.6 is 11.8 Å². The summed E-state index contributed by atoms with van der Waals surface area (Å²) in [6.45, 7) is 0.148. The van der Waals surface area contributed by atoms with Gasteiger partial charge in [0.25, 0.3) is 24.0 Å². The van der Waals surface area contributed by atoms with E-state index in [1.54, 1.807) is 30.3 Å². The van der Waals surface area contributed by atoms with Crippen molar-refractivity contribution in [2.45, 2.75) is 24.9 Å². The summed E-state index contributed by atoms with van der Waals surface area (Å²) < 4.78 is 20.7. The average molecular weight is 598 g/mol. The minimum absolute atomic E-state index is 0.0348. The number of β-lactam (4-membered cyclic amide) rings is 1. The van der Waals surface area contributed by atoms with Crippen LogP contribution < -0.4 is 10.1 Å². The molecule has 1 saturated heterocycles. The van der Waals surface area contributed by atoms with Gasteiger partial charge in [-0.3, -0.25) is 34.2 Å². The van der Waals surface area contributed by atoms with Gasteiger partial charge in [-0.2, -0.15) is 0 Å². The van der Waals surface area contributed by atoms with Gasteiger partial charge in [-0.05, 0) is 29.8 Å². The molecule has 2 amide bonds. The van der Waals surface area contributed by atoms with Gasteiger partial charge < -0.3 is 24.3 Å². The van der Waals surface area contributed by atoms with Crippen LogP contribution in [0.15, 0.2) is 77.0 Å². The molecule has 2 aliphatic rings. The third-order valence-electron chi connectivity index (χ3n) is 5.91. The highest BCUT2D eigenvalue weighted by molar-refractivity contribution is 8.04. The van der Waals surface area contributed by atoms with Gasteiger partial charge in [0, 0.05) is 24.6 Å². The summed E-state index contributed by atoms with van der Waals surface area (Å²) in [5, 5.41) is 12.6. The maximum absolute atomic E-state index is 13.4. The maximum atomic E-state index is 13.4. The molecule has 0 aliphatic carbocycles. The summed E-state index contributed by atoms with van der Waals surface area (Å²) in [7, 11) is 0. The number of hydrogen-bond acceptors (Lipinski definition) is 12. The van der Waals surface area contributed by atoms with Crippen molar-refractivity contribution in [1.82, 2.24) is 10.2 Å². The highest BCUT2D eigenvalue weighted by Gasteiger charge is 2.56. The molecule has 0 spiro atoms. The lowest BCUT2D eigenvalue weighted by atomic mass is 10.0. The molecule has 2 aliphatic heterocycles. The smallest absolute Gasteiger partial charge is 0.355 e. The molecule has 42 heavy (non-hydrogen) atoms. The second-order valence-corrected chi connectivity index (χ2v) is 9.84. The molecule has 14 nitrogen and oxygen atoms in total. The largest absolute Gasteiger partial charge is 0.484 e. The number of benzene rings is 2. The molecule has 2 heterocycles. The molecule has 4 rings (SSSR count). The number of thioether (sulfide) groups is 1. The Hall–Kier alpha value is -5.18. The zero-order chi connectivity index (χ0) is 30.2. The topological polar surface area (TPSA) is 181 Å². The third kappa shape index (κ3) is 6.93. The van der Waals surface area contributed by atoms with Crippen molar-refractivity contribution in [2.24, 2.45) is 0 Å². The number of carbonyl (C=O) groups is 5. The van der Waals surface area contributed by atoms with E-state index in [-0.39, 0.29) is 41.5 Å². The van der Waals surface area contributed by atoms with Crippen molar-refractivity contribution in [3.8, 4) is 5.75 Å². The first-order chi connectivity index (χ1) is 20.2. The van der Waals surface area contributed by atoms with Gasteiger partial charge in [-0.15, -0.1) is 0 Å². The van der Waals surface area contributed by atoms with E-state index in [1.165, 1.54) is 24.3 Å². The number of carbonyl (C=O) groups excluding carboxylic acids is 5. The fourth-order valence-corrected chi connectivity index (χ4v) is 5.26. The minimum Gasteiger partial charge on any atom is -0.484 e. The van der Waals surface area contributed by atoms with Crippen LogP contribution in [0.3, 0.4) is 0 Å². The van der Waals surface area contributed by atoms with Crippen LogP contribution in [0.2, 0.25) is 0 Å². The van der Waals surface area contributed by atoms with E-state index < -0.39 is 46.7 Å². The predicted molar refractivity (Wildman–Crippen MR) is 144 cm³/mol. The van der Waals surface area contributed by atoms with E-state index in [1.807, 2.05) is 0 Å². The Bertz CT molecular complexity index is 1460. The molecule has 0 aromatic heterocycles. The lowest BCUT2D eigenvalue weighted by Crippen LogP contribution is -2.70. The average Bonchev–Trinajstić information content (AvgIpc) is 2.99. The standard InChI is InChI=1S/C27H23N3O11S/c1-16(32)39-12-20-21(13-38-15-31)42-26-23(28-22(33)14-40-19-5-3-2-4-6-19)25(34)29(26)24(20)27(35)41-11-17-7-9-18(10-8-17)30(36)37/h2-10,13,15,23,26H,11-12,14H2,1H3,(H,28,33)/b21-13-. The Balaban J connectivity index is 1.56. The quantitative estimate of drug-likeness (QED) is 0.0715. The fourth-order valence-electron chi connectivity index (χ4n) is 3.95. The molecule has 1 fully saturated rings. The number of fused-ring (bicyclic) bond motifs is 1. The zero-order valence-electron chi connectivity index (χ0n) is 21.9. The summed E-state index contributed by atoms with van der Waals surface area (Å²) in [5.74, 6) is -2.44. The van der Waals surface area contributed by atoms with Gasteiger partial charge in [0.15, 0.2) is 6.61 Å². The Labute approximate surface area is 242 Å². The molecule has 1 N–H and O–H groups in total. The van der Waals surface area contributed by atoms with Gasteiger partial charge in [0.1, 0.15) is 42.3 Å². The van der Waals surface area contributed by atoms with Crippen LogP contribution in [-0.4, -0.2) is 64.7 Å². The number of amides is 2. The van der Waals surface area contributed by atoms with Gasteiger partial charge in [-0.25, -0.2) is 4.79 Å². The number of nitrogens with one attached hydrogen (secondary N) is 1. The van der Waals surface area contributed by atoms with Crippen molar-refractivity contribution in [3.05, 3.63) is 92.7 Å². The first kappa shape index (κ1) is 29.8. The van der Waals surface area contributed by atoms with Crippen molar-refractivity contribution >= 4 is 47.7 Å². The minimum atomic E-state index is -1.07. The monoisotopic (exact) mass is 597 g/mol. The lowest BCUT2D eigenvalue weighted by Gasteiger charge is -2.49. The summed E-state index contributed by atoms with van der Waals surface area (Å²) in [6, 6.07) is 12.8.